The van der Waals surface area contributed by atoms with Crippen LogP contribution in [0.25, 0.3) is 0 Å². The van der Waals surface area contributed by atoms with Crippen molar-refractivity contribution in [1.82, 2.24) is 9.80 Å². The maximum Gasteiger partial charge on any atom is 0.414 e. The number of carboxylic acid groups (broad SMARTS) is 1. The van der Waals surface area contributed by atoms with Crippen LogP contribution in [0, 0.1) is 12.3 Å². The van der Waals surface area contributed by atoms with Gasteiger partial charge in [-0.1, -0.05) is 6.07 Å². The maximum atomic E-state index is 12.6. The summed E-state index contributed by atoms with van der Waals surface area (Å²) in [6, 6.07) is 3.40. The van der Waals surface area contributed by atoms with Crippen LogP contribution in [0.3, 0.4) is 0 Å². The van der Waals surface area contributed by atoms with Crippen molar-refractivity contribution in [1.29, 1.82) is 0 Å². The average molecular weight is 501 g/mol. The van der Waals surface area contributed by atoms with E-state index in [9.17, 15) is 29.4 Å². The van der Waals surface area contributed by atoms with Crippen molar-refractivity contribution in [3.05, 3.63) is 45.7 Å². The molecule has 4 aliphatic rings. The van der Waals surface area contributed by atoms with Crippen molar-refractivity contribution in [2.75, 3.05) is 32.8 Å². The molecule has 4 aliphatic heterocycles. The number of carbonyl (C=O) groups excluding carboxylic acids is 3. The van der Waals surface area contributed by atoms with E-state index in [2.05, 4.69) is 0 Å². The normalized spacial score (nSPS) is 24.5. The van der Waals surface area contributed by atoms with Crippen LogP contribution in [0.4, 0.5) is 4.79 Å². The Morgan fingerprint density at radius 2 is 1.81 bits per heavy atom. The first-order valence-electron chi connectivity index (χ1n) is 11.9. The van der Waals surface area contributed by atoms with Crippen LogP contribution in [0.1, 0.15) is 52.9 Å². The number of benzene rings is 1. The van der Waals surface area contributed by atoms with Gasteiger partial charge in [0, 0.05) is 12.1 Å². The number of β-amino-alcohol motifs (C(OH)–C–C–N with tert-alkyl or cyclic N) is 1. The number of esters is 2. The molecule has 0 saturated carbocycles. The Hall–Kier alpha value is -3.44. The number of rotatable bonds is 6. The molecule has 11 heteroatoms. The number of piperidine rings is 1. The monoisotopic (exact) mass is 500 g/mol. The van der Waals surface area contributed by atoms with Gasteiger partial charge in [-0.25, -0.2) is 14.4 Å². The summed E-state index contributed by atoms with van der Waals surface area (Å²) in [7, 11) is 0. The zero-order valence-corrected chi connectivity index (χ0v) is 20.1. The van der Waals surface area contributed by atoms with Crippen LogP contribution < -0.4 is 0 Å². The predicted octanol–water partition coefficient (Wildman–Crippen LogP) is 1.52. The van der Waals surface area contributed by atoms with Gasteiger partial charge in [0.25, 0.3) is 0 Å². The van der Waals surface area contributed by atoms with Gasteiger partial charge in [0.15, 0.2) is 0 Å². The Bertz CT molecular complexity index is 1180. The number of hydrogen-bond donors (Lipinski definition) is 2. The van der Waals surface area contributed by atoms with E-state index in [4.69, 9.17) is 14.2 Å². The number of nitrogens with zero attached hydrogens (tertiary/aromatic N) is 2. The van der Waals surface area contributed by atoms with Gasteiger partial charge in [0.05, 0.1) is 29.5 Å². The van der Waals surface area contributed by atoms with Gasteiger partial charge < -0.3 is 29.3 Å². The molecule has 2 N–H and O–H groups in total. The van der Waals surface area contributed by atoms with Crippen molar-refractivity contribution in [3.8, 4) is 0 Å². The molecule has 1 unspecified atom stereocenters. The highest BCUT2D eigenvalue weighted by Gasteiger charge is 2.54. The van der Waals surface area contributed by atoms with Gasteiger partial charge in [-0.2, -0.15) is 0 Å². The Kier molecular flexibility index (Phi) is 6.00. The molecular formula is C25H28N2O9. The minimum atomic E-state index is -1.27. The molecule has 0 radical (unpaired) electrons. The van der Waals surface area contributed by atoms with Crippen molar-refractivity contribution < 1.29 is 43.6 Å². The molecule has 0 spiro atoms. The van der Waals surface area contributed by atoms with Crippen LogP contribution in [0.5, 0.6) is 0 Å². The molecular weight excluding hydrogens is 472 g/mol. The Morgan fingerprint density at radius 3 is 2.44 bits per heavy atom. The molecule has 2 fully saturated rings. The standard InChI is InChI=1S/C25H28N2O9/c1-13-15(3-4-16-17(13)11-34-22(16)30)19(28)9-26-7-5-25(6-8-26,23(31)32)20-10-27(24(33)36-20)18-12-35-21(29)14(18)2/h3-4,19-20,28H,5-12H2,1-2H3,(H,31,32)/t19-,20?/m0/s1. The number of fused-ring (bicyclic) bond motifs is 1. The Morgan fingerprint density at radius 1 is 1.11 bits per heavy atom. The first kappa shape index (κ1) is 24.3. The van der Waals surface area contributed by atoms with Gasteiger partial charge in [0.2, 0.25) is 0 Å². The molecule has 36 heavy (non-hydrogen) atoms. The third-order valence-electron chi connectivity index (χ3n) is 8.01. The van der Waals surface area contributed by atoms with Gasteiger partial charge in [-0.05, 0) is 57.0 Å². The molecule has 1 aromatic carbocycles. The van der Waals surface area contributed by atoms with Gasteiger partial charge in [0.1, 0.15) is 24.7 Å². The number of cyclic esters (lactones) is 3. The number of carbonyl (C=O) groups is 4. The van der Waals surface area contributed by atoms with Crippen LogP contribution in [-0.4, -0.2) is 82.9 Å². The minimum Gasteiger partial charge on any atom is -0.481 e. The summed E-state index contributed by atoms with van der Waals surface area (Å²) in [6.45, 7) is 4.69. The number of carboxylic acids is 1. The number of aliphatic hydroxyl groups is 1. The van der Waals surface area contributed by atoms with E-state index in [1.807, 2.05) is 11.8 Å². The van der Waals surface area contributed by atoms with Crippen LogP contribution in [0.2, 0.25) is 0 Å². The number of hydrogen-bond acceptors (Lipinski definition) is 9. The summed E-state index contributed by atoms with van der Waals surface area (Å²) < 4.78 is 15.6. The molecule has 11 nitrogen and oxygen atoms in total. The fourth-order valence-corrected chi connectivity index (χ4v) is 5.60. The second-order valence-electron chi connectivity index (χ2n) is 9.79. The summed E-state index contributed by atoms with van der Waals surface area (Å²) in [6.07, 6.45) is -1.90. The number of aliphatic hydroxyl groups excluding tert-OH is 1. The topological polar surface area (TPSA) is 143 Å². The highest BCUT2D eigenvalue weighted by atomic mass is 16.6. The molecule has 0 aromatic heterocycles. The molecule has 0 aliphatic carbocycles. The van der Waals surface area contributed by atoms with E-state index in [1.54, 1.807) is 19.1 Å². The lowest BCUT2D eigenvalue weighted by Crippen LogP contribution is -2.52. The lowest BCUT2D eigenvalue weighted by atomic mass is 9.73. The molecule has 0 bridgehead atoms. The van der Waals surface area contributed by atoms with E-state index in [0.29, 0.717) is 42.0 Å². The summed E-state index contributed by atoms with van der Waals surface area (Å²) in [5.74, 6) is -1.90. The lowest BCUT2D eigenvalue weighted by Gasteiger charge is -2.41. The summed E-state index contributed by atoms with van der Waals surface area (Å²) in [4.78, 5) is 51.8. The fraction of sp³-hybridized carbons (Fsp3) is 0.520. The molecule has 1 amide bonds. The van der Waals surface area contributed by atoms with E-state index in [0.717, 1.165) is 11.1 Å². The van der Waals surface area contributed by atoms with Gasteiger partial charge >= 0.3 is 24.0 Å². The molecule has 2 saturated heterocycles. The van der Waals surface area contributed by atoms with Crippen LogP contribution in [-0.2, 0) is 30.4 Å². The molecule has 4 heterocycles. The molecule has 192 valence electrons. The van der Waals surface area contributed by atoms with E-state index < -0.39 is 35.7 Å². The third kappa shape index (κ3) is 3.82. The zero-order chi connectivity index (χ0) is 25.8. The van der Waals surface area contributed by atoms with Gasteiger partial charge in [-0.15, -0.1) is 0 Å². The smallest absolute Gasteiger partial charge is 0.414 e. The number of likely N-dealkylation sites (tertiary alicyclic amines) is 1. The second-order valence-corrected chi connectivity index (χ2v) is 9.79. The molecule has 1 aromatic rings. The summed E-state index contributed by atoms with van der Waals surface area (Å²) in [5.41, 5.74) is 2.29. The van der Waals surface area contributed by atoms with Gasteiger partial charge in [-0.3, -0.25) is 9.69 Å². The molecule has 5 rings (SSSR count). The maximum absolute atomic E-state index is 12.6. The highest BCUT2D eigenvalue weighted by molar-refractivity contribution is 5.94. The van der Waals surface area contributed by atoms with Crippen molar-refractivity contribution in [3.63, 3.8) is 0 Å². The lowest BCUT2D eigenvalue weighted by molar-refractivity contribution is -0.159. The number of amides is 1. The zero-order valence-electron chi connectivity index (χ0n) is 20.1. The van der Waals surface area contributed by atoms with Crippen molar-refractivity contribution in [2.45, 2.75) is 45.5 Å². The van der Waals surface area contributed by atoms with Crippen molar-refractivity contribution >= 4 is 24.0 Å². The number of ether oxygens (including phenoxy) is 3. The largest absolute Gasteiger partial charge is 0.481 e. The van der Waals surface area contributed by atoms with E-state index in [-0.39, 0.29) is 38.6 Å². The predicted molar refractivity (Wildman–Crippen MR) is 122 cm³/mol. The second kappa shape index (κ2) is 8.90. The van der Waals surface area contributed by atoms with Crippen LogP contribution in [0.15, 0.2) is 23.4 Å². The minimum absolute atomic E-state index is 0.0339. The van der Waals surface area contributed by atoms with Crippen molar-refractivity contribution in [2.24, 2.45) is 5.41 Å². The highest BCUT2D eigenvalue weighted by Crippen LogP contribution is 2.41. The first-order chi connectivity index (χ1) is 17.1. The van der Waals surface area contributed by atoms with Crippen LogP contribution >= 0.6 is 0 Å². The first-order valence-corrected chi connectivity index (χ1v) is 11.9. The Labute approximate surface area is 207 Å². The SMILES string of the molecule is CC1=C(N2CC(C3(C(=O)O)CCN(C[C@H](O)c4ccc5c(c4C)COC5=O)CC3)OC2=O)COC1=O. The quantitative estimate of drug-likeness (QED) is 0.436. The Balaban J connectivity index is 1.26. The third-order valence-corrected chi connectivity index (χ3v) is 8.01. The van der Waals surface area contributed by atoms with E-state index in [1.165, 1.54) is 4.90 Å². The fourth-order valence-electron chi connectivity index (χ4n) is 5.60. The van der Waals surface area contributed by atoms with E-state index >= 15 is 0 Å². The summed E-state index contributed by atoms with van der Waals surface area (Å²) in [5, 5.41) is 21.1. The number of aliphatic carboxylic acids is 1. The molecule has 2 atom stereocenters. The summed E-state index contributed by atoms with van der Waals surface area (Å²) >= 11 is 0. The average Bonchev–Trinajstić information content (AvgIpc) is 3.52.